The van der Waals surface area contributed by atoms with E-state index in [-0.39, 0.29) is 0 Å². The first-order chi connectivity index (χ1) is 12.8. The van der Waals surface area contributed by atoms with Gasteiger partial charge in [-0.1, -0.05) is 49.4 Å². The molecule has 0 aliphatic carbocycles. The second-order valence-corrected chi connectivity index (χ2v) is 6.81. The zero-order chi connectivity index (χ0) is 17.8. The van der Waals surface area contributed by atoms with E-state index in [0.29, 0.717) is 6.17 Å². The fourth-order valence-corrected chi connectivity index (χ4v) is 3.77. The maximum atomic E-state index is 4.60. The van der Waals surface area contributed by atoms with Gasteiger partial charge >= 0.3 is 0 Å². The smallest absolute Gasteiger partial charge is 0.135 e. The molecule has 1 N–H and O–H groups in total. The van der Waals surface area contributed by atoms with Crippen molar-refractivity contribution in [2.75, 3.05) is 36.4 Å². The summed E-state index contributed by atoms with van der Waals surface area (Å²) in [6.45, 7) is 6.49. The van der Waals surface area contributed by atoms with E-state index >= 15 is 0 Å². The molecule has 1 saturated heterocycles. The van der Waals surface area contributed by atoms with Gasteiger partial charge in [0.2, 0.25) is 0 Å². The lowest BCUT2D eigenvalue weighted by Gasteiger charge is -2.40. The minimum absolute atomic E-state index is 0.311. The molecule has 1 aliphatic rings. The maximum absolute atomic E-state index is 4.60. The van der Waals surface area contributed by atoms with E-state index in [2.05, 4.69) is 87.7 Å². The zero-order valence-corrected chi connectivity index (χ0v) is 15.3. The van der Waals surface area contributed by atoms with Crippen molar-refractivity contribution in [1.29, 1.82) is 0 Å². The van der Waals surface area contributed by atoms with Crippen molar-refractivity contribution in [3.63, 3.8) is 0 Å². The first kappa shape index (κ1) is 16.9. The van der Waals surface area contributed by atoms with Crippen LogP contribution < -0.4 is 10.2 Å². The van der Waals surface area contributed by atoms with Crippen molar-refractivity contribution >= 4 is 22.3 Å². The molecule has 0 radical (unpaired) electrons. The molecular formula is C22H26N4. The number of pyridine rings is 1. The molecule has 26 heavy (non-hydrogen) atoms. The number of para-hydroxylation sites is 1. The molecule has 1 unspecified atom stereocenters. The van der Waals surface area contributed by atoms with Crippen LogP contribution in [-0.4, -0.2) is 42.2 Å². The summed E-state index contributed by atoms with van der Waals surface area (Å²) >= 11 is 0. The van der Waals surface area contributed by atoms with Gasteiger partial charge in [0.15, 0.2) is 0 Å². The molecule has 4 rings (SSSR count). The molecule has 0 bridgehead atoms. The van der Waals surface area contributed by atoms with Gasteiger partial charge in [0.05, 0.1) is 6.17 Å². The molecule has 0 amide bonds. The highest BCUT2D eigenvalue weighted by Gasteiger charge is 2.23. The van der Waals surface area contributed by atoms with E-state index in [1.165, 1.54) is 16.5 Å². The van der Waals surface area contributed by atoms with Gasteiger partial charge in [-0.25, -0.2) is 4.98 Å². The van der Waals surface area contributed by atoms with E-state index in [1.807, 2.05) is 6.20 Å². The maximum Gasteiger partial charge on any atom is 0.135 e. The van der Waals surface area contributed by atoms with Gasteiger partial charge in [0.1, 0.15) is 5.82 Å². The molecule has 2 aromatic carbocycles. The summed E-state index contributed by atoms with van der Waals surface area (Å²) < 4.78 is 0. The third-order valence-electron chi connectivity index (χ3n) is 5.24. The summed E-state index contributed by atoms with van der Waals surface area (Å²) in [7, 11) is 0. The Bertz CT molecular complexity index is 836. The van der Waals surface area contributed by atoms with Gasteiger partial charge in [0.25, 0.3) is 0 Å². The zero-order valence-electron chi connectivity index (χ0n) is 15.3. The number of nitrogens with one attached hydrogen (secondary N) is 1. The van der Waals surface area contributed by atoms with E-state index < -0.39 is 0 Å². The molecular weight excluding hydrogens is 320 g/mol. The van der Waals surface area contributed by atoms with Crippen LogP contribution >= 0.6 is 0 Å². The van der Waals surface area contributed by atoms with Crippen LogP contribution in [0.4, 0.5) is 11.5 Å². The Morgan fingerprint density at radius 3 is 2.42 bits per heavy atom. The van der Waals surface area contributed by atoms with Gasteiger partial charge in [-0.3, -0.25) is 4.90 Å². The standard InChI is InChI=1S/C22H26N4/c1-2-21(24-22-20-11-7-6-8-18(20)12-13-23-22)26-16-14-25(15-17-26)19-9-4-3-5-10-19/h3-13,21H,2,14-17H2,1H3,(H,23,24). The summed E-state index contributed by atoms with van der Waals surface area (Å²) in [4.78, 5) is 9.62. The highest BCUT2D eigenvalue weighted by Crippen LogP contribution is 2.23. The SMILES string of the molecule is CCC(Nc1nccc2ccccc12)N1CCN(c2ccccc2)CC1. The van der Waals surface area contributed by atoms with Crippen molar-refractivity contribution in [3.05, 3.63) is 66.9 Å². The van der Waals surface area contributed by atoms with E-state index in [1.54, 1.807) is 0 Å². The number of fused-ring (bicyclic) bond motifs is 1. The first-order valence-electron chi connectivity index (χ1n) is 9.49. The Labute approximate surface area is 155 Å². The number of anilines is 2. The summed E-state index contributed by atoms with van der Waals surface area (Å²) in [5.41, 5.74) is 1.32. The van der Waals surface area contributed by atoms with Crippen molar-refractivity contribution < 1.29 is 0 Å². The van der Waals surface area contributed by atoms with Crippen LogP contribution in [0.2, 0.25) is 0 Å². The highest BCUT2D eigenvalue weighted by atomic mass is 15.3. The Balaban J connectivity index is 1.45. The first-order valence-corrected chi connectivity index (χ1v) is 9.49. The van der Waals surface area contributed by atoms with Crippen molar-refractivity contribution in [2.24, 2.45) is 0 Å². The molecule has 0 spiro atoms. The summed E-state index contributed by atoms with van der Waals surface area (Å²) in [6, 6.07) is 21.2. The number of piperazine rings is 1. The number of rotatable bonds is 5. The fraction of sp³-hybridized carbons (Fsp3) is 0.318. The minimum Gasteiger partial charge on any atom is -0.369 e. The van der Waals surface area contributed by atoms with Crippen molar-refractivity contribution in [1.82, 2.24) is 9.88 Å². The van der Waals surface area contributed by atoms with Gasteiger partial charge in [-0.15, -0.1) is 0 Å². The summed E-state index contributed by atoms with van der Waals surface area (Å²) in [5, 5.41) is 6.11. The van der Waals surface area contributed by atoms with Gasteiger partial charge < -0.3 is 10.2 Å². The average molecular weight is 346 g/mol. The molecule has 3 aromatic rings. The number of hydrogen-bond donors (Lipinski definition) is 1. The van der Waals surface area contributed by atoms with Crippen LogP contribution in [0, 0.1) is 0 Å². The monoisotopic (exact) mass is 346 g/mol. The van der Waals surface area contributed by atoms with Crippen LogP contribution in [0.5, 0.6) is 0 Å². The predicted octanol–water partition coefficient (Wildman–Crippen LogP) is 4.21. The van der Waals surface area contributed by atoms with E-state index in [0.717, 1.165) is 38.4 Å². The van der Waals surface area contributed by atoms with Gasteiger partial charge in [0, 0.05) is 43.4 Å². The average Bonchev–Trinajstić information content (AvgIpc) is 2.73. The normalized spacial score (nSPS) is 16.6. The number of benzene rings is 2. The highest BCUT2D eigenvalue weighted by molar-refractivity contribution is 5.91. The second-order valence-electron chi connectivity index (χ2n) is 6.81. The quantitative estimate of drug-likeness (QED) is 0.750. The molecule has 4 nitrogen and oxygen atoms in total. The topological polar surface area (TPSA) is 31.4 Å². The van der Waals surface area contributed by atoms with Crippen LogP contribution in [0.25, 0.3) is 10.8 Å². The lowest BCUT2D eigenvalue weighted by Crippen LogP contribution is -2.52. The Kier molecular flexibility index (Phi) is 5.02. The Morgan fingerprint density at radius 2 is 1.65 bits per heavy atom. The third-order valence-corrected chi connectivity index (χ3v) is 5.24. The summed E-state index contributed by atoms with van der Waals surface area (Å²) in [5.74, 6) is 0.987. The molecule has 2 heterocycles. The molecule has 4 heteroatoms. The Morgan fingerprint density at radius 1 is 0.923 bits per heavy atom. The number of aromatic nitrogens is 1. The molecule has 1 aliphatic heterocycles. The largest absolute Gasteiger partial charge is 0.369 e. The number of hydrogen-bond acceptors (Lipinski definition) is 4. The fourth-order valence-electron chi connectivity index (χ4n) is 3.77. The molecule has 1 aromatic heterocycles. The van der Waals surface area contributed by atoms with Crippen LogP contribution in [-0.2, 0) is 0 Å². The molecule has 134 valence electrons. The lowest BCUT2D eigenvalue weighted by molar-refractivity contribution is 0.198. The van der Waals surface area contributed by atoms with Crippen LogP contribution in [0.3, 0.4) is 0 Å². The van der Waals surface area contributed by atoms with E-state index in [4.69, 9.17) is 0 Å². The van der Waals surface area contributed by atoms with Crippen molar-refractivity contribution in [3.8, 4) is 0 Å². The molecule has 0 saturated carbocycles. The lowest BCUT2D eigenvalue weighted by atomic mass is 10.1. The van der Waals surface area contributed by atoms with Crippen LogP contribution in [0.1, 0.15) is 13.3 Å². The van der Waals surface area contributed by atoms with Gasteiger partial charge in [-0.05, 0) is 30.0 Å². The Hall–Kier alpha value is -2.59. The van der Waals surface area contributed by atoms with Gasteiger partial charge in [-0.2, -0.15) is 0 Å². The third kappa shape index (κ3) is 3.51. The van der Waals surface area contributed by atoms with Crippen LogP contribution in [0.15, 0.2) is 66.9 Å². The second kappa shape index (κ2) is 7.75. The summed E-state index contributed by atoms with van der Waals surface area (Å²) in [6.07, 6.45) is 3.26. The molecule has 1 fully saturated rings. The molecule has 1 atom stereocenters. The van der Waals surface area contributed by atoms with Crippen molar-refractivity contribution in [2.45, 2.75) is 19.5 Å². The van der Waals surface area contributed by atoms with E-state index in [9.17, 15) is 0 Å². The minimum atomic E-state index is 0.311. The predicted molar refractivity (Wildman–Crippen MR) is 110 cm³/mol. The number of nitrogens with zero attached hydrogens (tertiary/aromatic N) is 3.